The van der Waals surface area contributed by atoms with E-state index in [1.165, 1.54) is 27.6 Å². The van der Waals surface area contributed by atoms with E-state index >= 15 is 0 Å². The first kappa shape index (κ1) is 24.8. The van der Waals surface area contributed by atoms with Crippen molar-refractivity contribution in [3.8, 4) is 22.8 Å². The van der Waals surface area contributed by atoms with Gasteiger partial charge in [-0.15, -0.1) is 0 Å². The van der Waals surface area contributed by atoms with E-state index in [1.807, 2.05) is 36.8 Å². The molecule has 6 nitrogen and oxygen atoms in total. The van der Waals surface area contributed by atoms with Gasteiger partial charge in [-0.1, -0.05) is 35.9 Å². The fourth-order valence-electron chi connectivity index (χ4n) is 6.99. The Kier molecular flexibility index (Phi) is 5.14. The zero-order valence-corrected chi connectivity index (χ0v) is 24.5. The SMILES string of the molecule is Cc1cc(C)c(-c2cn3c4ccccc4c4ccc(Oc5ccc6c(c5)c5nccn5c5cccnc65)cc4c3n2)c(C)c1. The largest absolute Gasteiger partial charge is 0.457 e. The number of rotatable bonds is 3. The number of benzene rings is 4. The summed E-state index contributed by atoms with van der Waals surface area (Å²) in [6.07, 6.45) is 7.80. The first-order valence-electron chi connectivity index (χ1n) is 14.8. The molecule has 0 spiro atoms. The third kappa shape index (κ3) is 3.57. The maximum absolute atomic E-state index is 6.54. The van der Waals surface area contributed by atoms with Crippen LogP contribution < -0.4 is 4.74 Å². The van der Waals surface area contributed by atoms with Gasteiger partial charge in [-0.2, -0.15) is 0 Å². The van der Waals surface area contributed by atoms with Gasteiger partial charge in [0.15, 0.2) is 0 Å². The van der Waals surface area contributed by atoms with Crippen molar-refractivity contribution in [1.82, 2.24) is 23.8 Å². The van der Waals surface area contributed by atoms with Gasteiger partial charge in [0.1, 0.15) is 22.8 Å². The number of para-hydroxylation sites is 1. The molecule has 0 unspecified atom stereocenters. The van der Waals surface area contributed by atoms with E-state index in [1.54, 1.807) is 0 Å². The highest BCUT2D eigenvalue weighted by atomic mass is 16.5. The highest BCUT2D eigenvalue weighted by molar-refractivity contribution is 6.13. The van der Waals surface area contributed by atoms with Crippen LogP contribution in [0.2, 0.25) is 0 Å². The van der Waals surface area contributed by atoms with Gasteiger partial charge in [-0.3, -0.25) is 13.8 Å². The number of hydrogen-bond acceptors (Lipinski definition) is 4. The monoisotopic (exact) mass is 569 g/mol. The molecular formula is C38H27N5O. The molecule has 0 N–H and O–H groups in total. The van der Waals surface area contributed by atoms with Crippen molar-refractivity contribution in [3.63, 3.8) is 0 Å². The minimum Gasteiger partial charge on any atom is -0.457 e. The van der Waals surface area contributed by atoms with Crippen molar-refractivity contribution in [2.45, 2.75) is 20.8 Å². The Morgan fingerprint density at radius 1 is 0.591 bits per heavy atom. The Bertz CT molecular complexity index is 2600. The van der Waals surface area contributed by atoms with Crippen molar-refractivity contribution in [2.24, 2.45) is 0 Å². The van der Waals surface area contributed by atoms with Gasteiger partial charge in [0.25, 0.3) is 0 Å². The van der Waals surface area contributed by atoms with E-state index in [0.29, 0.717) is 0 Å². The standard InChI is InChI=1S/C38H27N5O/c1-22-17-23(2)35(24(3)18-22)32-21-43-33-8-5-4-7-28(33)27-12-10-25(19-30(27)38(43)41-32)44-26-11-13-29-31(20-26)37-40-15-16-42(37)34-9-6-14-39-36(29)34/h4-21H,1-3H3. The summed E-state index contributed by atoms with van der Waals surface area (Å²) in [7, 11) is 0. The Hall–Kier alpha value is -5.75. The van der Waals surface area contributed by atoms with Crippen LogP contribution in [-0.4, -0.2) is 23.8 Å². The van der Waals surface area contributed by atoms with Gasteiger partial charge in [-0.25, -0.2) is 9.97 Å². The molecule has 0 saturated carbocycles. The normalized spacial score (nSPS) is 12.0. The molecule has 0 atom stereocenters. The maximum Gasteiger partial charge on any atom is 0.146 e. The van der Waals surface area contributed by atoms with Crippen molar-refractivity contribution in [1.29, 1.82) is 0 Å². The highest BCUT2D eigenvalue weighted by Crippen LogP contribution is 2.37. The van der Waals surface area contributed by atoms with Crippen molar-refractivity contribution in [2.75, 3.05) is 0 Å². The third-order valence-corrected chi connectivity index (χ3v) is 8.73. The van der Waals surface area contributed by atoms with Crippen LogP contribution in [0, 0.1) is 20.8 Å². The van der Waals surface area contributed by atoms with Gasteiger partial charge >= 0.3 is 0 Å². The molecule has 0 bridgehead atoms. The minimum absolute atomic E-state index is 0.740. The Balaban J connectivity index is 1.23. The molecule has 4 aromatic carbocycles. The van der Waals surface area contributed by atoms with Gasteiger partial charge in [-0.05, 0) is 91.9 Å². The summed E-state index contributed by atoms with van der Waals surface area (Å²) in [4.78, 5) is 14.6. The molecule has 5 heterocycles. The van der Waals surface area contributed by atoms with Gasteiger partial charge in [0.2, 0.25) is 0 Å². The van der Waals surface area contributed by atoms with Crippen molar-refractivity contribution in [3.05, 3.63) is 126 Å². The van der Waals surface area contributed by atoms with Gasteiger partial charge in [0.05, 0.1) is 22.2 Å². The van der Waals surface area contributed by atoms with Crippen LogP contribution in [0.1, 0.15) is 16.7 Å². The number of hydrogen-bond donors (Lipinski definition) is 0. The van der Waals surface area contributed by atoms with E-state index < -0.39 is 0 Å². The highest BCUT2D eigenvalue weighted by Gasteiger charge is 2.17. The Morgan fingerprint density at radius 3 is 2.14 bits per heavy atom. The summed E-state index contributed by atoms with van der Waals surface area (Å²) in [5.41, 5.74) is 10.8. The number of aryl methyl sites for hydroxylation is 3. The lowest BCUT2D eigenvalue weighted by Crippen LogP contribution is -1.93. The summed E-state index contributed by atoms with van der Waals surface area (Å²) in [6.45, 7) is 6.48. The molecule has 0 fully saturated rings. The van der Waals surface area contributed by atoms with Gasteiger partial charge < -0.3 is 4.74 Å². The third-order valence-electron chi connectivity index (χ3n) is 8.73. The number of aromatic nitrogens is 5. The zero-order valence-electron chi connectivity index (χ0n) is 24.5. The van der Waals surface area contributed by atoms with Crippen molar-refractivity contribution >= 4 is 54.8 Å². The summed E-state index contributed by atoms with van der Waals surface area (Å²) in [6, 6.07) is 29.5. The molecule has 0 aliphatic carbocycles. The molecule has 0 amide bonds. The number of pyridine rings is 3. The van der Waals surface area contributed by atoms with E-state index in [-0.39, 0.29) is 0 Å². The molecule has 0 radical (unpaired) electrons. The summed E-state index contributed by atoms with van der Waals surface area (Å²) >= 11 is 0. The van der Waals surface area contributed by atoms with Crippen LogP contribution in [0.5, 0.6) is 11.5 Å². The fraction of sp³-hybridized carbons (Fsp3) is 0.0789. The lowest BCUT2D eigenvalue weighted by molar-refractivity contribution is 0.484. The molecular weight excluding hydrogens is 542 g/mol. The van der Waals surface area contributed by atoms with E-state index in [2.05, 4.69) is 112 Å². The number of nitrogens with zero attached hydrogens (tertiary/aromatic N) is 5. The molecule has 9 rings (SSSR count). The van der Waals surface area contributed by atoms with E-state index in [0.717, 1.165) is 66.6 Å². The van der Waals surface area contributed by atoms with Crippen LogP contribution in [0.3, 0.4) is 0 Å². The molecule has 44 heavy (non-hydrogen) atoms. The quantitative estimate of drug-likeness (QED) is 0.199. The van der Waals surface area contributed by atoms with Crippen LogP contribution in [-0.2, 0) is 0 Å². The smallest absolute Gasteiger partial charge is 0.146 e. The summed E-state index contributed by atoms with van der Waals surface area (Å²) in [5, 5.41) is 5.40. The molecule has 5 aromatic heterocycles. The second kappa shape index (κ2) is 9.12. The van der Waals surface area contributed by atoms with E-state index in [9.17, 15) is 0 Å². The average molecular weight is 570 g/mol. The summed E-state index contributed by atoms with van der Waals surface area (Å²) < 4.78 is 10.8. The molecule has 0 aliphatic rings. The second-order valence-electron chi connectivity index (χ2n) is 11.6. The molecule has 6 heteroatoms. The number of ether oxygens (including phenoxy) is 1. The number of fused-ring (bicyclic) bond motifs is 12. The molecule has 0 saturated heterocycles. The minimum atomic E-state index is 0.740. The van der Waals surface area contributed by atoms with Crippen molar-refractivity contribution < 1.29 is 4.74 Å². The predicted octanol–water partition coefficient (Wildman–Crippen LogP) is 9.37. The Labute approximate surface area is 252 Å². The Morgan fingerprint density at radius 2 is 1.32 bits per heavy atom. The first-order chi connectivity index (χ1) is 21.5. The predicted molar refractivity (Wildman–Crippen MR) is 178 cm³/mol. The molecule has 9 aromatic rings. The van der Waals surface area contributed by atoms with Crippen LogP contribution in [0.15, 0.2) is 110 Å². The first-order valence-corrected chi connectivity index (χ1v) is 14.8. The van der Waals surface area contributed by atoms with Crippen LogP contribution in [0.25, 0.3) is 66.0 Å². The molecule has 210 valence electrons. The lowest BCUT2D eigenvalue weighted by atomic mass is 9.98. The van der Waals surface area contributed by atoms with E-state index in [4.69, 9.17) is 9.72 Å². The second-order valence-corrected chi connectivity index (χ2v) is 11.6. The molecule has 0 aliphatic heterocycles. The van der Waals surface area contributed by atoms with Crippen LogP contribution in [0.4, 0.5) is 0 Å². The van der Waals surface area contributed by atoms with Crippen LogP contribution >= 0.6 is 0 Å². The lowest BCUT2D eigenvalue weighted by Gasteiger charge is -2.12. The zero-order chi connectivity index (χ0) is 29.5. The summed E-state index contributed by atoms with van der Waals surface area (Å²) in [5.74, 6) is 1.49. The number of imidazole rings is 2. The topological polar surface area (TPSA) is 56.7 Å². The fourth-order valence-corrected chi connectivity index (χ4v) is 6.99. The average Bonchev–Trinajstić information content (AvgIpc) is 3.70. The van der Waals surface area contributed by atoms with Gasteiger partial charge in [0, 0.05) is 51.9 Å². The maximum atomic E-state index is 6.54.